The Morgan fingerprint density at radius 1 is 1.09 bits per heavy atom. The van der Waals surface area contributed by atoms with Gasteiger partial charge in [-0.1, -0.05) is 24.3 Å². The first-order valence-corrected chi connectivity index (χ1v) is 10.8. The summed E-state index contributed by atoms with van der Waals surface area (Å²) in [6.07, 6.45) is 0.542. The van der Waals surface area contributed by atoms with Crippen molar-refractivity contribution in [1.82, 2.24) is 10.2 Å². The van der Waals surface area contributed by atoms with Gasteiger partial charge in [-0.3, -0.25) is 14.4 Å². The Balaban J connectivity index is 1.67. The number of amides is 3. The first-order chi connectivity index (χ1) is 15.2. The van der Waals surface area contributed by atoms with Gasteiger partial charge < -0.3 is 10.2 Å². The van der Waals surface area contributed by atoms with Crippen molar-refractivity contribution in [3.63, 3.8) is 0 Å². The SMILES string of the molecule is Cc1ccc(C)c(N2N=C(C(=O)NCc3ccc(C(=O)N(C)C(C)C)cc3)CCC2=O)c1. The zero-order valence-electron chi connectivity index (χ0n) is 19.3. The van der Waals surface area contributed by atoms with E-state index in [4.69, 9.17) is 0 Å². The zero-order chi connectivity index (χ0) is 23.4. The molecule has 3 amide bonds. The molecule has 0 atom stereocenters. The van der Waals surface area contributed by atoms with Crippen LogP contribution in [0.25, 0.3) is 0 Å². The summed E-state index contributed by atoms with van der Waals surface area (Å²) in [5, 5.41) is 8.57. The van der Waals surface area contributed by atoms with Crippen LogP contribution in [0.15, 0.2) is 47.6 Å². The van der Waals surface area contributed by atoms with Gasteiger partial charge in [0.1, 0.15) is 5.71 Å². The van der Waals surface area contributed by atoms with E-state index >= 15 is 0 Å². The van der Waals surface area contributed by atoms with Gasteiger partial charge in [-0.15, -0.1) is 0 Å². The average molecular weight is 435 g/mol. The molecule has 7 heteroatoms. The van der Waals surface area contributed by atoms with Crippen LogP contribution in [0, 0.1) is 13.8 Å². The van der Waals surface area contributed by atoms with Crippen molar-refractivity contribution in [3.05, 3.63) is 64.7 Å². The fraction of sp³-hybridized carbons (Fsp3) is 0.360. The van der Waals surface area contributed by atoms with Gasteiger partial charge >= 0.3 is 0 Å². The molecule has 1 aliphatic rings. The van der Waals surface area contributed by atoms with Crippen molar-refractivity contribution in [2.75, 3.05) is 12.1 Å². The molecule has 0 spiro atoms. The van der Waals surface area contributed by atoms with Gasteiger partial charge in [0.2, 0.25) is 5.91 Å². The number of aryl methyl sites for hydroxylation is 2. The van der Waals surface area contributed by atoms with Gasteiger partial charge in [0.25, 0.3) is 11.8 Å². The van der Waals surface area contributed by atoms with Crippen LogP contribution >= 0.6 is 0 Å². The van der Waals surface area contributed by atoms with E-state index < -0.39 is 0 Å². The van der Waals surface area contributed by atoms with Crippen LogP contribution in [0.4, 0.5) is 5.69 Å². The minimum Gasteiger partial charge on any atom is -0.347 e. The molecule has 0 aromatic heterocycles. The summed E-state index contributed by atoms with van der Waals surface area (Å²) in [7, 11) is 1.78. The van der Waals surface area contributed by atoms with Crippen LogP contribution in [0.5, 0.6) is 0 Å². The Labute approximate surface area is 189 Å². The van der Waals surface area contributed by atoms with Gasteiger partial charge in [0.05, 0.1) is 5.69 Å². The summed E-state index contributed by atoms with van der Waals surface area (Å²) >= 11 is 0. The predicted molar refractivity (Wildman–Crippen MR) is 126 cm³/mol. The highest BCUT2D eigenvalue weighted by Crippen LogP contribution is 2.25. The smallest absolute Gasteiger partial charge is 0.267 e. The molecule has 1 N–H and O–H groups in total. The molecule has 2 aromatic carbocycles. The Bertz CT molecular complexity index is 1060. The zero-order valence-corrected chi connectivity index (χ0v) is 19.3. The summed E-state index contributed by atoms with van der Waals surface area (Å²) in [6.45, 7) is 8.10. The molecule has 0 radical (unpaired) electrons. The molecule has 0 aliphatic carbocycles. The van der Waals surface area contributed by atoms with Crippen molar-refractivity contribution in [2.24, 2.45) is 5.10 Å². The van der Waals surface area contributed by atoms with Crippen LogP contribution in [-0.4, -0.2) is 41.4 Å². The quantitative estimate of drug-likeness (QED) is 0.754. The van der Waals surface area contributed by atoms with Gasteiger partial charge in [0, 0.05) is 38.0 Å². The maximum Gasteiger partial charge on any atom is 0.267 e. The van der Waals surface area contributed by atoms with Crippen LogP contribution in [-0.2, 0) is 16.1 Å². The molecule has 0 saturated carbocycles. The molecule has 0 bridgehead atoms. The summed E-state index contributed by atoms with van der Waals surface area (Å²) in [6, 6.07) is 13.1. The second-order valence-electron chi connectivity index (χ2n) is 8.43. The van der Waals surface area contributed by atoms with E-state index in [1.165, 1.54) is 5.01 Å². The number of carbonyl (C=O) groups is 3. The standard InChI is InChI=1S/C25H30N4O3/c1-16(2)28(5)25(32)20-10-8-19(9-11-20)15-26-24(31)21-12-13-23(30)29(27-21)22-14-17(3)6-7-18(22)4/h6-11,14,16H,12-13,15H2,1-5H3,(H,26,31). The van der Waals surface area contributed by atoms with Crippen LogP contribution in [0.3, 0.4) is 0 Å². The van der Waals surface area contributed by atoms with Crippen molar-refractivity contribution < 1.29 is 14.4 Å². The molecule has 1 heterocycles. The number of carbonyl (C=O) groups excluding carboxylic acids is 3. The first-order valence-electron chi connectivity index (χ1n) is 10.8. The highest BCUT2D eigenvalue weighted by atomic mass is 16.2. The molecule has 0 unspecified atom stereocenters. The lowest BCUT2D eigenvalue weighted by Crippen LogP contribution is -2.39. The minimum absolute atomic E-state index is 0.0386. The van der Waals surface area contributed by atoms with Gasteiger partial charge in [0.15, 0.2) is 0 Å². The minimum atomic E-state index is -0.299. The predicted octanol–water partition coefficient (Wildman–Crippen LogP) is 3.58. The molecule has 0 saturated heterocycles. The average Bonchev–Trinajstić information content (AvgIpc) is 2.78. The third-order valence-electron chi connectivity index (χ3n) is 5.64. The van der Waals surface area contributed by atoms with Crippen molar-refractivity contribution in [1.29, 1.82) is 0 Å². The number of hydrogen-bond donors (Lipinski definition) is 1. The van der Waals surface area contributed by atoms with E-state index in [-0.39, 0.29) is 30.2 Å². The van der Waals surface area contributed by atoms with Crippen molar-refractivity contribution in [2.45, 2.75) is 53.1 Å². The first kappa shape index (κ1) is 23.2. The summed E-state index contributed by atoms with van der Waals surface area (Å²) in [4.78, 5) is 39.2. The van der Waals surface area contributed by atoms with E-state index in [1.54, 1.807) is 24.1 Å². The van der Waals surface area contributed by atoms with E-state index in [0.29, 0.717) is 29.9 Å². The molecule has 2 aromatic rings. The second kappa shape index (κ2) is 9.77. The summed E-state index contributed by atoms with van der Waals surface area (Å²) in [5.41, 5.74) is 4.46. The number of hydrogen-bond acceptors (Lipinski definition) is 4. The van der Waals surface area contributed by atoms with E-state index in [9.17, 15) is 14.4 Å². The number of rotatable bonds is 6. The fourth-order valence-electron chi connectivity index (χ4n) is 3.34. The van der Waals surface area contributed by atoms with Gasteiger partial charge in [-0.2, -0.15) is 5.10 Å². The molecule has 7 nitrogen and oxygen atoms in total. The number of hydrazone groups is 1. The molecular weight excluding hydrogens is 404 g/mol. The van der Waals surface area contributed by atoms with Crippen molar-refractivity contribution >= 4 is 29.1 Å². The third kappa shape index (κ3) is 5.22. The van der Waals surface area contributed by atoms with Gasteiger partial charge in [-0.05, 0) is 62.6 Å². The number of benzene rings is 2. The number of nitrogens with one attached hydrogen (secondary N) is 1. The fourth-order valence-corrected chi connectivity index (χ4v) is 3.34. The second-order valence-corrected chi connectivity index (χ2v) is 8.43. The van der Waals surface area contributed by atoms with Crippen LogP contribution in [0.1, 0.15) is 53.7 Å². The normalized spacial score (nSPS) is 13.8. The molecule has 168 valence electrons. The third-order valence-corrected chi connectivity index (χ3v) is 5.64. The lowest BCUT2D eigenvalue weighted by molar-refractivity contribution is -0.119. The van der Waals surface area contributed by atoms with Crippen LogP contribution in [0.2, 0.25) is 0 Å². The van der Waals surface area contributed by atoms with E-state index in [0.717, 1.165) is 16.7 Å². The Morgan fingerprint density at radius 3 is 2.44 bits per heavy atom. The molecule has 0 fully saturated rings. The Morgan fingerprint density at radius 2 is 1.78 bits per heavy atom. The Kier molecular flexibility index (Phi) is 7.08. The molecule has 1 aliphatic heterocycles. The van der Waals surface area contributed by atoms with Crippen LogP contribution < -0.4 is 10.3 Å². The van der Waals surface area contributed by atoms with Crippen molar-refractivity contribution in [3.8, 4) is 0 Å². The monoisotopic (exact) mass is 434 g/mol. The summed E-state index contributed by atoms with van der Waals surface area (Å²) < 4.78 is 0. The van der Waals surface area contributed by atoms with Gasteiger partial charge in [-0.25, -0.2) is 5.01 Å². The number of nitrogens with zero attached hydrogens (tertiary/aromatic N) is 3. The van der Waals surface area contributed by atoms with E-state index in [2.05, 4.69) is 10.4 Å². The van der Waals surface area contributed by atoms with E-state index in [1.807, 2.05) is 58.0 Å². The Hall–Kier alpha value is -3.48. The highest BCUT2D eigenvalue weighted by molar-refractivity contribution is 6.40. The largest absolute Gasteiger partial charge is 0.347 e. The molecular formula is C25H30N4O3. The molecule has 32 heavy (non-hydrogen) atoms. The summed E-state index contributed by atoms with van der Waals surface area (Å²) in [5.74, 6) is -0.460. The topological polar surface area (TPSA) is 82.1 Å². The lowest BCUT2D eigenvalue weighted by Gasteiger charge is -2.25. The maximum atomic E-state index is 12.7. The lowest BCUT2D eigenvalue weighted by atomic mass is 10.1. The highest BCUT2D eigenvalue weighted by Gasteiger charge is 2.26. The maximum absolute atomic E-state index is 12.7. The molecule has 3 rings (SSSR count). The number of anilines is 1.